The molecular weight excluding hydrogens is 309 g/mol. The third kappa shape index (κ3) is 4.80. The van der Waals surface area contributed by atoms with Crippen molar-refractivity contribution in [2.24, 2.45) is 0 Å². The number of carbonyl (C=O) groups excluding carboxylic acids is 1. The highest BCUT2D eigenvalue weighted by Gasteiger charge is 2.23. The highest BCUT2D eigenvalue weighted by atomic mass is 19.1. The van der Waals surface area contributed by atoms with Crippen molar-refractivity contribution < 1.29 is 19.0 Å². The fourth-order valence-corrected chi connectivity index (χ4v) is 2.20. The third-order valence-corrected chi connectivity index (χ3v) is 3.32. The fourth-order valence-electron chi connectivity index (χ4n) is 2.20. The number of anilines is 1. The van der Waals surface area contributed by atoms with E-state index in [1.807, 2.05) is 12.1 Å². The summed E-state index contributed by atoms with van der Waals surface area (Å²) in [5.74, 6) is -1.27. The van der Waals surface area contributed by atoms with E-state index in [9.17, 15) is 9.18 Å². The summed E-state index contributed by atoms with van der Waals surface area (Å²) in [4.78, 5) is 12.3. The van der Waals surface area contributed by atoms with E-state index in [1.54, 1.807) is 45.0 Å². The van der Waals surface area contributed by atoms with Crippen molar-refractivity contribution in [3.63, 3.8) is 0 Å². The van der Waals surface area contributed by atoms with Crippen LogP contribution in [-0.2, 0) is 17.9 Å². The summed E-state index contributed by atoms with van der Waals surface area (Å²) in [6, 6.07) is 11.7. The van der Waals surface area contributed by atoms with Gasteiger partial charge in [0.05, 0.1) is 6.61 Å². The Labute approximate surface area is 141 Å². The van der Waals surface area contributed by atoms with Crippen molar-refractivity contribution in [3.8, 4) is 0 Å². The summed E-state index contributed by atoms with van der Waals surface area (Å²) < 4.78 is 19.4. The number of benzene rings is 2. The van der Waals surface area contributed by atoms with E-state index in [4.69, 9.17) is 9.84 Å². The predicted octanol–water partition coefficient (Wildman–Crippen LogP) is 3.89. The topological polar surface area (TPSA) is 58.6 Å². The number of hydrogen-bond acceptors (Lipinski definition) is 4. The first-order valence-corrected chi connectivity index (χ1v) is 7.74. The second-order valence-electron chi connectivity index (χ2n) is 6.48. The summed E-state index contributed by atoms with van der Waals surface area (Å²) in [7, 11) is 0. The van der Waals surface area contributed by atoms with Crippen LogP contribution in [0.15, 0.2) is 42.5 Å². The number of carbonyl (C=O) groups is 1. The van der Waals surface area contributed by atoms with Gasteiger partial charge in [0.15, 0.2) is 0 Å². The second-order valence-corrected chi connectivity index (χ2v) is 6.48. The Bertz CT molecular complexity index is 706. The SMILES string of the molecule is CC(C)(C)OC(=O)c1c(F)cccc1CNc1ccc(CO)cc1. The number of aliphatic hydroxyl groups is 1. The molecule has 2 aromatic carbocycles. The number of rotatable bonds is 5. The summed E-state index contributed by atoms with van der Waals surface area (Å²) in [6.07, 6.45) is 0. The lowest BCUT2D eigenvalue weighted by Gasteiger charge is -2.21. The quantitative estimate of drug-likeness (QED) is 0.816. The standard InChI is InChI=1S/C19H22FNO3/c1-19(2,3)24-18(23)17-14(5-4-6-16(17)20)11-21-15-9-7-13(12-22)8-10-15/h4-10,21-22H,11-12H2,1-3H3. The van der Waals surface area contributed by atoms with Crippen LogP contribution in [0.1, 0.15) is 42.3 Å². The molecule has 0 aliphatic rings. The first-order chi connectivity index (χ1) is 11.3. The molecule has 0 radical (unpaired) electrons. The molecule has 0 bridgehead atoms. The van der Waals surface area contributed by atoms with Gasteiger partial charge in [0.25, 0.3) is 0 Å². The number of halogens is 1. The van der Waals surface area contributed by atoms with Crippen molar-refractivity contribution in [1.29, 1.82) is 0 Å². The molecule has 0 aliphatic heterocycles. The van der Waals surface area contributed by atoms with Gasteiger partial charge in [-0.25, -0.2) is 9.18 Å². The number of nitrogens with one attached hydrogen (secondary N) is 1. The lowest BCUT2D eigenvalue weighted by atomic mass is 10.1. The zero-order valence-corrected chi connectivity index (χ0v) is 14.1. The van der Waals surface area contributed by atoms with E-state index >= 15 is 0 Å². The highest BCUT2D eigenvalue weighted by molar-refractivity contribution is 5.91. The smallest absolute Gasteiger partial charge is 0.341 e. The zero-order valence-electron chi connectivity index (χ0n) is 14.1. The van der Waals surface area contributed by atoms with Gasteiger partial charge in [-0.1, -0.05) is 24.3 Å². The van der Waals surface area contributed by atoms with Gasteiger partial charge in [0.2, 0.25) is 0 Å². The Morgan fingerprint density at radius 1 is 1.17 bits per heavy atom. The minimum Gasteiger partial charge on any atom is -0.456 e. The van der Waals surface area contributed by atoms with Gasteiger partial charge in [-0.15, -0.1) is 0 Å². The molecule has 0 heterocycles. The Morgan fingerprint density at radius 3 is 2.42 bits per heavy atom. The van der Waals surface area contributed by atoms with Gasteiger partial charge in [-0.05, 0) is 50.1 Å². The molecule has 0 amide bonds. The average Bonchev–Trinajstić information content (AvgIpc) is 2.51. The second kappa shape index (κ2) is 7.45. The molecule has 5 heteroatoms. The molecule has 0 aromatic heterocycles. The normalized spacial score (nSPS) is 11.2. The summed E-state index contributed by atoms with van der Waals surface area (Å²) in [5, 5.41) is 12.2. The first kappa shape index (κ1) is 17.9. The van der Waals surface area contributed by atoms with Crippen molar-refractivity contribution in [1.82, 2.24) is 0 Å². The Kier molecular flexibility index (Phi) is 5.57. The third-order valence-electron chi connectivity index (χ3n) is 3.32. The van der Waals surface area contributed by atoms with Crippen LogP contribution < -0.4 is 5.32 Å². The fraction of sp³-hybridized carbons (Fsp3) is 0.316. The van der Waals surface area contributed by atoms with Crippen LogP contribution in [0.4, 0.5) is 10.1 Å². The first-order valence-electron chi connectivity index (χ1n) is 7.74. The van der Waals surface area contributed by atoms with Gasteiger partial charge >= 0.3 is 5.97 Å². The molecule has 0 fully saturated rings. The summed E-state index contributed by atoms with van der Waals surface area (Å²) in [6.45, 7) is 5.49. The van der Waals surface area contributed by atoms with Gasteiger partial charge in [-0.3, -0.25) is 0 Å². The van der Waals surface area contributed by atoms with E-state index in [2.05, 4.69) is 5.32 Å². The van der Waals surface area contributed by atoms with Crippen LogP contribution >= 0.6 is 0 Å². The highest BCUT2D eigenvalue weighted by Crippen LogP contribution is 2.20. The van der Waals surface area contributed by atoms with Crippen molar-refractivity contribution in [2.75, 3.05) is 5.32 Å². The van der Waals surface area contributed by atoms with Gasteiger partial charge < -0.3 is 15.2 Å². The largest absolute Gasteiger partial charge is 0.456 e. The van der Waals surface area contributed by atoms with Crippen LogP contribution in [-0.4, -0.2) is 16.7 Å². The lowest BCUT2D eigenvalue weighted by Crippen LogP contribution is -2.25. The van der Waals surface area contributed by atoms with Crippen molar-refractivity contribution in [3.05, 3.63) is 65.0 Å². The summed E-state index contributed by atoms with van der Waals surface area (Å²) >= 11 is 0. The van der Waals surface area contributed by atoms with Gasteiger partial charge in [-0.2, -0.15) is 0 Å². The number of ether oxygens (including phenoxy) is 1. The molecule has 0 saturated carbocycles. The molecule has 0 spiro atoms. The van der Waals surface area contributed by atoms with Crippen molar-refractivity contribution in [2.45, 2.75) is 39.5 Å². The number of esters is 1. The predicted molar refractivity (Wildman–Crippen MR) is 91.3 cm³/mol. The molecule has 4 nitrogen and oxygen atoms in total. The molecule has 0 unspecified atom stereocenters. The van der Waals surface area contributed by atoms with Gasteiger partial charge in [0.1, 0.15) is 17.0 Å². The van der Waals surface area contributed by atoms with E-state index in [1.165, 1.54) is 6.07 Å². The van der Waals surface area contributed by atoms with Crippen LogP contribution in [0.5, 0.6) is 0 Å². The molecule has 0 atom stereocenters. The number of aliphatic hydroxyl groups excluding tert-OH is 1. The molecular formula is C19H22FNO3. The molecule has 128 valence electrons. The monoisotopic (exact) mass is 331 g/mol. The molecule has 2 aromatic rings. The zero-order chi connectivity index (χ0) is 17.7. The molecule has 0 aliphatic carbocycles. The van der Waals surface area contributed by atoms with Crippen molar-refractivity contribution >= 4 is 11.7 Å². The Morgan fingerprint density at radius 2 is 1.83 bits per heavy atom. The maximum Gasteiger partial charge on any atom is 0.341 e. The van der Waals surface area contributed by atoms with Crippen LogP contribution in [0.2, 0.25) is 0 Å². The molecule has 2 N–H and O–H groups in total. The van der Waals surface area contributed by atoms with E-state index < -0.39 is 17.4 Å². The molecule has 0 saturated heterocycles. The maximum absolute atomic E-state index is 14.1. The Balaban J connectivity index is 2.17. The van der Waals surface area contributed by atoms with E-state index in [0.29, 0.717) is 5.56 Å². The minimum absolute atomic E-state index is 0.0209. The van der Waals surface area contributed by atoms with Crippen LogP contribution in [0, 0.1) is 5.82 Å². The lowest BCUT2D eigenvalue weighted by molar-refractivity contribution is 0.00635. The molecule has 24 heavy (non-hydrogen) atoms. The Hall–Kier alpha value is -2.40. The minimum atomic E-state index is -0.690. The number of hydrogen-bond donors (Lipinski definition) is 2. The van der Waals surface area contributed by atoms with Crippen LogP contribution in [0.25, 0.3) is 0 Å². The van der Waals surface area contributed by atoms with Crippen LogP contribution in [0.3, 0.4) is 0 Å². The summed E-state index contributed by atoms with van der Waals surface area (Å²) in [5.41, 5.74) is 1.40. The van der Waals surface area contributed by atoms with E-state index in [-0.39, 0.29) is 18.7 Å². The van der Waals surface area contributed by atoms with Gasteiger partial charge in [0, 0.05) is 12.2 Å². The average molecular weight is 331 g/mol. The van der Waals surface area contributed by atoms with E-state index in [0.717, 1.165) is 11.3 Å². The molecule has 2 rings (SSSR count). The maximum atomic E-state index is 14.1.